The average Bonchev–Trinajstić information content (AvgIpc) is 3.19. The van der Waals surface area contributed by atoms with Crippen molar-refractivity contribution < 1.29 is 14.7 Å². The quantitative estimate of drug-likeness (QED) is 0.860. The van der Waals surface area contributed by atoms with Gasteiger partial charge in [0.15, 0.2) is 0 Å². The van der Waals surface area contributed by atoms with E-state index in [4.69, 9.17) is 5.11 Å². The molecule has 1 unspecified atom stereocenters. The Kier molecular flexibility index (Phi) is 3.78. The number of aliphatic carboxylic acids is 1. The molecule has 0 aliphatic heterocycles. The van der Waals surface area contributed by atoms with Crippen molar-refractivity contribution >= 4 is 11.9 Å². The zero-order valence-electron chi connectivity index (χ0n) is 11.0. The van der Waals surface area contributed by atoms with E-state index in [1.807, 2.05) is 0 Å². The van der Waals surface area contributed by atoms with E-state index in [1.54, 1.807) is 18.7 Å². The molecule has 0 radical (unpaired) electrons. The Morgan fingerprint density at radius 1 is 1.53 bits per heavy atom. The Morgan fingerprint density at radius 2 is 2.21 bits per heavy atom. The lowest BCUT2D eigenvalue weighted by molar-refractivity contribution is -0.141. The van der Waals surface area contributed by atoms with E-state index < -0.39 is 11.9 Å². The summed E-state index contributed by atoms with van der Waals surface area (Å²) in [6.45, 7) is 3.59. The van der Waals surface area contributed by atoms with Gasteiger partial charge in [-0.1, -0.05) is 6.92 Å². The Balaban J connectivity index is 2.18. The predicted molar refractivity (Wildman–Crippen MR) is 67.6 cm³/mol. The fourth-order valence-corrected chi connectivity index (χ4v) is 1.91. The second-order valence-corrected chi connectivity index (χ2v) is 4.95. The van der Waals surface area contributed by atoms with Gasteiger partial charge >= 0.3 is 5.97 Å². The first-order valence-electron chi connectivity index (χ1n) is 6.31. The molecule has 6 heteroatoms. The van der Waals surface area contributed by atoms with Crippen molar-refractivity contribution in [2.45, 2.75) is 32.7 Å². The second-order valence-electron chi connectivity index (χ2n) is 4.95. The maximum absolute atomic E-state index is 12.5. The number of aromatic nitrogens is 2. The molecule has 1 saturated carbocycles. The molecule has 1 fully saturated rings. The van der Waals surface area contributed by atoms with E-state index in [1.165, 1.54) is 12.5 Å². The molecule has 0 spiro atoms. The standard InChI is InChI=1S/C13H17N3O3/c1-8(13(18)19)6-16(10-3-4-10)12(17)11-5-14-7-15-9(11)2/h5,7-8,10H,3-4,6H2,1-2H3,(H,18,19). The minimum absolute atomic E-state index is 0.161. The smallest absolute Gasteiger partial charge is 0.308 e. The van der Waals surface area contributed by atoms with Gasteiger partial charge in [-0.15, -0.1) is 0 Å². The SMILES string of the molecule is Cc1ncncc1C(=O)N(CC(C)C(=O)O)C1CC1. The van der Waals surface area contributed by atoms with Crippen molar-refractivity contribution in [3.05, 3.63) is 23.8 Å². The third-order valence-electron chi connectivity index (χ3n) is 3.28. The van der Waals surface area contributed by atoms with Crippen LogP contribution >= 0.6 is 0 Å². The van der Waals surface area contributed by atoms with Crippen molar-refractivity contribution in [1.82, 2.24) is 14.9 Å². The molecule has 0 saturated heterocycles. The molecule has 1 aromatic rings. The summed E-state index contributed by atoms with van der Waals surface area (Å²) < 4.78 is 0. The summed E-state index contributed by atoms with van der Waals surface area (Å²) in [6, 6.07) is 0.161. The molecule has 1 aliphatic carbocycles. The molecule has 1 amide bonds. The molecule has 19 heavy (non-hydrogen) atoms. The normalized spacial score (nSPS) is 15.9. The Morgan fingerprint density at radius 3 is 2.74 bits per heavy atom. The van der Waals surface area contributed by atoms with Gasteiger partial charge in [-0.05, 0) is 19.8 Å². The molecule has 1 heterocycles. The molecular formula is C13H17N3O3. The number of carboxylic acids is 1. The van der Waals surface area contributed by atoms with Crippen LogP contribution in [0.5, 0.6) is 0 Å². The van der Waals surface area contributed by atoms with Crippen molar-refractivity contribution in [1.29, 1.82) is 0 Å². The van der Waals surface area contributed by atoms with Crippen LogP contribution in [0.25, 0.3) is 0 Å². The largest absolute Gasteiger partial charge is 0.481 e. The third kappa shape index (κ3) is 3.07. The zero-order chi connectivity index (χ0) is 14.0. The number of hydrogen-bond acceptors (Lipinski definition) is 4. The summed E-state index contributed by atoms with van der Waals surface area (Å²) in [5.74, 6) is -1.64. The van der Waals surface area contributed by atoms with Crippen LogP contribution in [-0.2, 0) is 4.79 Å². The van der Waals surface area contributed by atoms with E-state index in [9.17, 15) is 9.59 Å². The highest BCUT2D eigenvalue weighted by Crippen LogP contribution is 2.29. The van der Waals surface area contributed by atoms with Crippen LogP contribution in [0.15, 0.2) is 12.5 Å². The molecule has 1 aliphatic rings. The molecular weight excluding hydrogens is 246 g/mol. The minimum atomic E-state index is -0.889. The first kappa shape index (κ1) is 13.5. The zero-order valence-corrected chi connectivity index (χ0v) is 11.0. The van der Waals surface area contributed by atoms with Gasteiger partial charge in [-0.2, -0.15) is 0 Å². The minimum Gasteiger partial charge on any atom is -0.481 e. The van der Waals surface area contributed by atoms with Crippen LogP contribution in [0.1, 0.15) is 35.8 Å². The number of carbonyl (C=O) groups excluding carboxylic acids is 1. The number of amides is 1. The predicted octanol–water partition coefficient (Wildman–Crippen LogP) is 1.11. The first-order valence-corrected chi connectivity index (χ1v) is 6.31. The Labute approximate surface area is 111 Å². The molecule has 102 valence electrons. The lowest BCUT2D eigenvalue weighted by Gasteiger charge is -2.24. The Bertz CT molecular complexity index is 500. The van der Waals surface area contributed by atoms with Crippen molar-refractivity contribution in [3.8, 4) is 0 Å². The fourth-order valence-electron chi connectivity index (χ4n) is 1.91. The van der Waals surface area contributed by atoms with Crippen LogP contribution in [0.4, 0.5) is 0 Å². The number of rotatable bonds is 5. The molecule has 1 N–H and O–H groups in total. The average molecular weight is 263 g/mol. The summed E-state index contributed by atoms with van der Waals surface area (Å²) >= 11 is 0. The van der Waals surface area contributed by atoms with Gasteiger partial charge in [-0.25, -0.2) is 9.97 Å². The first-order chi connectivity index (χ1) is 9.00. The van der Waals surface area contributed by atoms with E-state index in [2.05, 4.69) is 9.97 Å². The highest BCUT2D eigenvalue weighted by Gasteiger charge is 2.35. The maximum Gasteiger partial charge on any atom is 0.308 e. The second kappa shape index (κ2) is 5.34. The number of hydrogen-bond donors (Lipinski definition) is 1. The monoisotopic (exact) mass is 263 g/mol. The fraction of sp³-hybridized carbons (Fsp3) is 0.538. The lowest BCUT2D eigenvalue weighted by Crippen LogP contribution is -2.39. The van der Waals surface area contributed by atoms with Crippen LogP contribution in [0, 0.1) is 12.8 Å². The highest BCUT2D eigenvalue weighted by molar-refractivity contribution is 5.95. The Hall–Kier alpha value is -1.98. The summed E-state index contributed by atoms with van der Waals surface area (Å²) in [7, 11) is 0. The summed E-state index contributed by atoms with van der Waals surface area (Å²) in [5.41, 5.74) is 1.07. The molecule has 2 rings (SSSR count). The van der Waals surface area contributed by atoms with Crippen LogP contribution in [-0.4, -0.2) is 44.4 Å². The summed E-state index contributed by atoms with van der Waals surface area (Å²) in [6.07, 6.45) is 4.76. The third-order valence-corrected chi connectivity index (χ3v) is 3.28. The molecule has 1 aromatic heterocycles. The number of aryl methyl sites for hydroxylation is 1. The van der Waals surface area contributed by atoms with E-state index in [0.29, 0.717) is 11.3 Å². The lowest BCUT2D eigenvalue weighted by atomic mass is 10.1. The maximum atomic E-state index is 12.5. The number of nitrogens with zero attached hydrogens (tertiary/aromatic N) is 3. The van der Waals surface area contributed by atoms with Gasteiger partial charge in [0.05, 0.1) is 17.2 Å². The van der Waals surface area contributed by atoms with E-state index in [-0.39, 0.29) is 18.5 Å². The van der Waals surface area contributed by atoms with Gasteiger partial charge in [0, 0.05) is 18.8 Å². The highest BCUT2D eigenvalue weighted by atomic mass is 16.4. The van der Waals surface area contributed by atoms with Gasteiger partial charge in [0.2, 0.25) is 0 Å². The molecule has 0 bridgehead atoms. The van der Waals surface area contributed by atoms with Crippen LogP contribution in [0.2, 0.25) is 0 Å². The van der Waals surface area contributed by atoms with Crippen molar-refractivity contribution in [2.75, 3.05) is 6.54 Å². The van der Waals surface area contributed by atoms with Gasteiger partial charge in [-0.3, -0.25) is 9.59 Å². The van der Waals surface area contributed by atoms with Crippen LogP contribution < -0.4 is 0 Å². The van der Waals surface area contributed by atoms with Crippen LogP contribution in [0.3, 0.4) is 0 Å². The topological polar surface area (TPSA) is 83.4 Å². The number of carbonyl (C=O) groups is 2. The molecule has 6 nitrogen and oxygen atoms in total. The summed E-state index contributed by atoms with van der Waals surface area (Å²) in [4.78, 5) is 32.9. The van der Waals surface area contributed by atoms with Gasteiger partial charge < -0.3 is 10.0 Å². The van der Waals surface area contributed by atoms with E-state index in [0.717, 1.165) is 12.8 Å². The van der Waals surface area contributed by atoms with E-state index >= 15 is 0 Å². The molecule has 1 atom stereocenters. The van der Waals surface area contributed by atoms with Crippen molar-refractivity contribution in [3.63, 3.8) is 0 Å². The van der Waals surface area contributed by atoms with Gasteiger partial charge in [0.1, 0.15) is 6.33 Å². The van der Waals surface area contributed by atoms with Gasteiger partial charge in [0.25, 0.3) is 5.91 Å². The summed E-state index contributed by atoms with van der Waals surface area (Å²) in [5, 5.41) is 8.98. The molecule has 0 aromatic carbocycles. The number of carboxylic acid groups (broad SMARTS) is 1. The van der Waals surface area contributed by atoms with Crippen molar-refractivity contribution in [2.24, 2.45) is 5.92 Å².